The Kier molecular flexibility index (Phi) is 24.7. The molecular formula is C29H57NO3. The molecule has 0 heterocycles. The summed E-state index contributed by atoms with van der Waals surface area (Å²) < 4.78 is 5.31. The number of nitrogens with zero attached hydrogens (tertiary/aromatic N) is 1. The van der Waals surface area contributed by atoms with Crippen molar-refractivity contribution in [2.45, 2.75) is 155 Å². The van der Waals surface area contributed by atoms with Gasteiger partial charge in [0.15, 0.2) is 0 Å². The Bertz CT molecular complexity index is 439. The van der Waals surface area contributed by atoms with Gasteiger partial charge in [0.1, 0.15) is 6.61 Å². The minimum Gasteiger partial charge on any atom is -0.464 e. The average Bonchev–Trinajstić information content (AvgIpc) is 2.81. The standard InChI is InChI=1S/C29H57NO3/c1-4-6-8-10-11-12-13-14-15-16-17-18-19-21-23-25-29(32)33-27-26-30(3)28(31)24-22-20-9-7-5-2/h4-27H2,1-3H3. The maximum Gasteiger partial charge on any atom is 0.305 e. The molecule has 0 atom stereocenters. The molecule has 0 aliphatic rings. The van der Waals surface area contributed by atoms with Crippen molar-refractivity contribution in [3.8, 4) is 0 Å². The van der Waals surface area contributed by atoms with Gasteiger partial charge in [0.2, 0.25) is 5.91 Å². The molecule has 0 spiro atoms. The lowest BCUT2D eigenvalue weighted by atomic mass is 10.0. The average molecular weight is 468 g/mol. The van der Waals surface area contributed by atoms with Crippen LogP contribution in [0.5, 0.6) is 0 Å². The van der Waals surface area contributed by atoms with Gasteiger partial charge in [-0.1, -0.05) is 129 Å². The Hall–Kier alpha value is -1.06. The number of unbranched alkanes of at least 4 members (excludes halogenated alkanes) is 18. The van der Waals surface area contributed by atoms with Crippen molar-refractivity contribution in [1.29, 1.82) is 0 Å². The maximum absolute atomic E-state index is 12.1. The van der Waals surface area contributed by atoms with Crippen LogP contribution in [0.15, 0.2) is 0 Å². The fraction of sp³-hybridized carbons (Fsp3) is 0.931. The van der Waals surface area contributed by atoms with Crippen molar-refractivity contribution < 1.29 is 14.3 Å². The number of esters is 1. The van der Waals surface area contributed by atoms with Crippen molar-refractivity contribution in [3.05, 3.63) is 0 Å². The molecule has 0 aliphatic carbocycles. The highest BCUT2D eigenvalue weighted by atomic mass is 16.5. The summed E-state index contributed by atoms with van der Waals surface area (Å²) in [5, 5.41) is 0. The SMILES string of the molecule is CCCCCCCCCCCCCCCCCC(=O)OCCN(C)C(=O)CCCCCCC. The molecule has 0 radical (unpaired) electrons. The van der Waals surface area contributed by atoms with Gasteiger partial charge in [0.25, 0.3) is 0 Å². The molecule has 4 nitrogen and oxygen atoms in total. The number of carbonyl (C=O) groups excluding carboxylic acids is 2. The smallest absolute Gasteiger partial charge is 0.305 e. The van der Waals surface area contributed by atoms with Gasteiger partial charge in [-0.3, -0.25) is 9.59 Å². The van der Waals surface area contributed by atoms with Gasteiger partial charge >= 0.3 is 5.97 Å². The predicted molar refractivity (Wildman–Crippen MR) is 142 cm³/mol. The quantitative estimate of drug-likeness (QED) is 0.0997. The fourth-order valence-electron chi connectivity index (χ4n) is 4.20. The second kappa shape index (κ2) is 25.6. The Morgan fingerprint density at radius 2 is 0.909 bits per heavy atom. The lowest BCUT2D eigenvalue weighted by Crippen LogP contribution is -2.30. The third kappa shape index (κ3) is 23.9. The molecule has 0 aromatic rings. The van der Waals surface area contributed by atoms with Gasteiger partial charge in [-0.2, -0.15) is 0 Å². The monoisotopic (exact) mass is 467 g/mol. The fourth-order valence-corrected chi connectivity index (χ4v) is 4.20. The summed E-state index contributed by atoms with van der Waals surface area (Å²) in [7, 11) is 1.80. The van der Waals surface area contributed by atoms with E-state index >= 15 is 0 Å². The number of amides is 1. The Morgan fingerprint density at radius 3 is 1.33 bits per heavy atom. The number of hydrogen-bond donors (Lipinski definition) is 0. The van der Waals surface area contributed by atoms with E-state index in [1.165, 1.54) is 103 Å². The lowest BCUT2D eigenvalue weighted by molar-refractivity contribution is -0.145. The van der Waals surface area contributed by atoms with Crippen molar-refractivity contribution in [3.63, 3.8) is 0 Å². The molecular weight excluding hydrogens is 410 g/mol. The second-order valence-electron chi connectivity index (χ2n) is 9.90. The van der Waals surface area contributed by atoms with Gasteiger partial charge in [-0.25, -0.2) is 0 Å². The second-order valence-corrected chi connectivity index (χ2v) is 9.90. The normalized spacial score (nSPS) is 11.0. The summed E-state index contributed by atoms with van der Waals surface area (Å²) in [4.78, 5) is 25.6. The summed E-state index contributed by atoms with van der Waals surface area (Å²) in [6.07, 6.45) is 26.8. The summed E-state index contributed by atoms with van der Waals surface area (Å²) in [6.45, 7) is 5.28. The van der Waals surface area contributed by atoms with Crippen molar-refractivity contribution in [2.75, 3.05) is 20.2 Å². The zero-order valence-electron chi connectivity index (χ0n) is 22.6. The molecule has 0 N–H and O–H groups in total. The molecule has 0 bridgehead atoms. The van der Waals surface area contributed by atoms with Crippen molar-refractivity contribution in [2.24, 2.45) is 0 Å². The van der Waals surface area contributed by atoms with Crippen LogP contribution in [0.25, 0.3) is 0 Å². The van der Waals surface area contributed by atoms with Crippen LogP contribution in [0.2, 0.25) is 0 Å². The largest absolute Gasteiger partial charge is 0.464 e. The molecule has 0 aromatic carbocycles. The molecule has 4 heteroatoms. The highest BCUT2D eigenvalue weighted by molar-refractivity contribution is 5.75. The van der Waals surface area contributed by atoms with Gasteiger partial charge in [0, 0.05) is 19.9 Å². The van der Waals surface area contributed by atoms with Crippen molar-refractivity contribution >= 4 is 11.9 Å². The highest BCUT2D eigenvalue weighted by Crippen LogP contribution is 2.14. The van der Waals surface area contributed by atoms with E-state index in [0.29, 0.717) is 26.0 Å². The van der Waals surface area contributed by atoms with Gasteiger partial charge in [-0.15, -0.1) is 0 Å². The molecule has 0 saturated carbocycles. The van der Waals surface area contributed by atoms with Crippen LogP contribution in [0.1, 0.15) is 155 Å². The minimum absolute atomic E-state index is 0.120. The van der Waals surface area contributed by atoms with E-state index in [1.54, 1.807) is 11.9 Å². The van der Waals surface area contributed by atoms with Crippen molar-refractivity contribution in [1.82, 2.24) is 4.90 Å². The van der Waals surface area contributed by atoms with Crippen LogP contribution in [0.4, 0.5) is 0 Å². The number of likely N-dealkylation sites (N-methyl/N-ethyl adjacent to an activating group) is 1. The number of rotatable bonds is 25. The maximum atomic E-state index is 12.1. The summed E-state index contributed by atoms with van der Waals surface area (Å²) in [5.41, 5.74) is 0. The van der Waals surface area contributed by atoms with E-state index in [-0.39, 0.29) is 11.9 Å². The zero-order chi connectivity index (χ0) is 24.4. The van der Waals surface area contributed by atoms with E-state index in [2.05, 4.69) is 13.8 Å². The van der Waals surface area contributed by atoms with Gasteiger partial charge in [-0.05, 0) is 12.8 Å². The topological polar surface area (TPSA) is 46.6 Å². The molecule has 0 fully saturated rings. The van der Waals surface area contributed by atoms with E-state index in [9.17, 15) is 9.59 Å². The molecule has 33 heavy (non-hydrogen) atoms. The molecule has 0 rings (SSSR count). The third-order valence-electron chi connectivity index (χ3n) is 6.59. The van der Waals surface area contributed by atoms with Crippen LogP contribution in [-0.4, -0.2) is 37.0 Å². The third-order valence-corrected chi connectivity index (χ3v) is 6.59. The summed E-state index contributed by atoms with van der Waals surface area (Å²) >= 11 is 0. The number of hydrogen-bond acceptors (Lipinski definition) is 3. The van der Waals surface area contributed by atoms with E-state index in [4.69, 9.17) is 4.74 Å². The van der Waals surface area contributed by atoms with Crippen LogP contribution < -0.4 is 0 Å². The Balaban J connectivity index is 3.36. The first-order valence-electron chi connectivity index (χ1n) is 14.5. The molecule has 0 unspecified atom stereocenters. The lowest BCUT2D eigenvalue weighted by Gasteiger charge is -2.17. The number of carbonyl (C=O) groups is 2. The Morgan fingerprint density at radius 1 is 0.545 bits per heavy atom. The van der Waals surface area contributed by atoms with Gasteiger partial charge in [0.05, 0.1) is 6.54 Å². The molecule has 0 saturated heterocycles. The van der Waals surface area contributed by atoms with E-state index < -0.39 is 0 Å². The first-order chi connectivity index (χ1) is 16.1. The summed E-state index contributed by atoms with van der Waals surface area (Å²) in [5.74, 6) is 0.0371. The van der Waals surface area contributed by atoms with Crippen LogP contribution in [-0.2, 0) is 14.3 Å². The van der Waals surface area contributed by atoms with Crippen LogP contribution >= 0.6 is 0 Å². The molecule has 0 aliphatic heterocycles. The number of ether oxygens (including phenoxy) is 1. The summed E-state index contributed by atoms with van der Waals surface area (Å²) in [6, 6.07) is 0. The van der Waals surface area contributed by atoms with Crippen LogP contribution in [0, 0.1) is 0 Å². The molecule has 0 aromatic heterocycles. The van der Waals surface area contributed by atoms with Crippen LogP contribution in [0.3, 0.4) is 0 Å². The van der Waals surface area contributed by atoms with E-state index in [0.717, 1.165) is 25.7 Å². The molecule has 196 valence electrons. The van der Waals surface area contributed by atoms with Gasteiger partial charge < -0.3 is 9.64 Å². The first kappa shape index (κ1) is 31.9. The minimum atomic E-state index is -0.120. The highest BCUT2D eigenvalue weighted by Gasteiger charge is 2.09. The molecule has 1 amide bonds. The Labute approximate surface area is 206 Å². The predicted octanol–water partition coefficient (Wildman–Crippen LogP) is 8.61. The zero-order valence-corrected chi connectivity index (χ0v) is 22.6. The first-order valence-corrected chi connectivity index (χ1v) is 14.5. The van der Waals surface area contributed by atoms with E-state index in [1.807, 2.05) is 0 Å².